The number of carbonyl (C=O) groups is 2. The van der Waals surface area contributed by atoms with Gasteiger partial charge in [0.1, 0.15) is 0 Å². The van der Waals surface area contributed by atoms with Crippen molar-refractivity contribution < 1.29 is 14.7 Å². The van der Waals surface area contributed by atoms with Crippen LogP contribution in [0.5, 0.6) is 0 Å². The average Bonchev–Trinajstić information content (AvgIpc) is 2.49. The van der Waals surface area contributed by atoms with Gasteiger partial charge in [0.2, 0.25) is 0 Å². The molecular weight excluding hydrogens is 288 g/mol. The maximum atomic E-state index is 12.8. The lowest BCUT2D eigenvalue weighted by molar-refractivity contribution is -0.156. The molecule has 3 heteroatoms. The van der Waals surface area contributed by atoms with Gasteiger partial charge in [0.05, 0.1) is 5.41 Å². The Morgan fingerprint density at radius 3 is 2.57 bits per heavy atom. The topological polar surface area (TPSA) is 54.4 Å². The number of hydrogen-bond donors (Lipinski definition) is 1. The van der Waals surface area contributed by atoms with E-state index in [4.69, 9.17) is 0 Å². The summed E-state index contributed by atoms with van der Waals surface area (Å²) in [6.07, 6.45) is 2.88. The Hall–Kier alpha value is -1.64. The van der Waals surface area contributed by atoms with Gasteiger partial charge in [0.25, 0.3) is 0 Å². The minimum atomic E-state index is -0.808. The molecule has 0 spiro atoms. The number of rotatable bonds is 2. The summed E-state index contributed by atoms with van der Waals surface area (Å²) in [4.78, 5) is 24.7. The number of carboxylic acid groups (broad SMARTS) is 1. The summed E-state index contributed by atoms with van der Waals surface area (Å²) < 4.78 is 0. The normalized spacial score (nSPS) is 33.3. The SMILES string of the molecule is CC(C)c1ccc2c(c1)C(=O)C[C@@H]1[C@@](C)(C(=O)O)CCC[C@]21C. The van der Waals surface area contributed by atoms with Crippen molar-refractivity contribution in [2.24, 2.45) is 11.3 Å². The van der Waals surface area contributed by atoms with Crippen LogP contribution in [-0.4, -0.2) is 16.9 Å². The van der Waals surface area contributed by atoms with Gasteiger partial charge >= 0.3 is 5.97 Å². The highest BCUT2D eigenvalue weighted by Gasteiger charge is 2.56. The molecule has 3 atom stereocenters. The Morgan fingerprint density at radius 2 is 1.96 bits per heavy atom. The highest BCUT2D eigenvalue weighted by atomic mass is 16.4. The second-order valence-electron chi connectivity index (χ2n) is 8.13. The summed E-state index contributed by atoms with van der Waals surface area (Å²) >= 11 is 0. The molecule has 1 aromatic carbocycles. The predicted molar refractivity (Wildman–Crippen MR) is 89.9 cm³/mol. The predicted octanol–water partition coefficient (Wildman–Crippen LogP) is 4.55. The van der Waals surface area contributed by atoms with Crippen molar-refractivity contribution in [3.05, 3.63) is 34.9 Å². The molecule has 23 heavy (non-hydrogen) atoms. The van der Waals surface area contributed by atoms with Gasteiger partial charge in [-0.05, 0) is 54.2 Å². The fourth-order valence-electron chi connectivity index (χ4n) is 4.85. The van der Waals surface area contributed by atoms with Crippen molar-refractivity contribution >= 4 is 11.8 Å². The molecule has 2 aliphatic rings. The fourth-order valence-corrected chi connectivity index (χ4v) is 4.85. The van der Waals surface area contributed by atoms with Crippen LogP contribution >= 0.6 is 0 Å². The highest BCUT2D eigenvalue weighted by molar-refractivity contribution is 6.00. The van der Waals surface area contributed by atoms with Crippen LogP contribution in [-0.2, 0) is 10.2 Å². The summed E-state index contributed by atoms with van der Waals surface area (Å²) in [7, 11) is 0. The summed E-state index contributed by atoms with van der Waals surface area (Å²) in [6, 6.07) is 6.23. The van der Waals surface area contributed by atoms with E-state index in [0.717, 1.165) is 24.0 Å². The summed E-state index contributed by atoms with van der Waals surface area (Å²) in [5.41, 5.74) is 2.04. The van der Waals surface area contributed by atoms with Crippen molar-refractivity contribution in [3.8, 4) is 0 Å². The Kier molecular flexibility index (Phi) is 3.66. The van der Waals surface area contributed by atoms with Crippen LogP contribution in [0.15, 0.2) is 18.2 Å². The van der Waals surface area contributed by atoms with E-state index in [1.165, 1.54) is 5.56 Å². The van der Waals surface area contributed by atoms with Gasteiger partial charge in [-0.25, -0.2) is 0 Å². The van der Waals surface area contributed by atoms with Crippen molar-refractivity contribution in [2.45, 2.75) is 64.7 Å². The van der Waals surface area contributed by atoms with Crippen molar-refractivity contribution in [2.75, 3.05) is 0 Å². The fraction of sp³-hybridized carbons (Fsp3) is 0.600. The Labute approximate surface area is 138 Å². The molecule has 3 rings (SSSR count). The Bertz CT molecular complexity index is 675. The highest BCUT2D eigenvalue weighted by Crippen LogP contribution is 2.57. The lowest BCUT2D eigenvalue weighted by Gasteiger charge is -2.53. The summed E-state index contributed by atoms with van der Waals surface area (Å²) in [5, 5.41) is 9.79. The second kappa shape index (κ2) is 5.19. The molecule has 0 radical (unpaired) electrons. The first kappa shape index (κ1) is 16.2. The number of fused-ring (bicyclic) bond motifs is 3. The van der Waals surface area contributed by atoms with Crippen LogP contribution in [0.2, 0.25) is 0 Å². The average molecular weight is 314 g/mol. The molecule has 0 amide bonds. The van der Waals surface area contributed by atoms with Crippen LogP contribution in [0.1, 0.15) is 80.8 Å². The third kappa shape index (κ3) is 2.24. The lowest BCUT2D eigenvalue weighted by atomic mass is 9.49. The lowest BCUT2D eigenvalue weighted by Crippen LogP contribution is -2.53. The summed E-state index contributed by atoms with van der Waals surface area (Å²) in [6.45, 7) is 8.25. The van der Waals surface area contributed by atoms with E-state index < -0.39 is 11.4 Å². The van der Waals surface area contributed by atoms with E-state index in [2.05, 4.69) is 32.9 Å². The third-order valence-electron chi connectivity index (χ3n) is 6.43. The van der Waals surface area contributed by atoms with Crippen LogP contribution < -0.4 is 0 Å². The zero-order chi connectivity index (χ0) is 17.0. The first-order valence-electron chi connectivity index (χ1n) is 8.61. The van der Waals surface area contributed by atoms with E-state index in [1.807, 2.05) is 13.0 Å². The number of Topliss-reactive ketones (excluding diaryl/α,β-unsaturated/α-hetero) is 1. The largest absolute Gasteiger partial charge is 0.481 e. The van der Waals surface area contributed by atoms with Crippen LogP contribution in [0.25, 0.3) is 0 Å². The van der Waals surface area contributed by atoms with Gasteiger partial charge in [-0.3, -0.25) is 9.59 Å². The first-order chi connectivity index (χ1) is 10.7. The maximum Gasteiger partial charge on any atom is 0.309 e. The molecular formula is C20H26O3. The number of hydrogen-bond acceptors (Lipinski definition) is 2. The number of aliphatic carboxylic acids is 1. The molecule has 1 saturated carbocycles. The van der Waals surface area contributed by atoms with Gasteiger partial charge in [-0.2, -0.15) is 0 Å². The van der Waals surface area contributed by atoms with Gasteiger partial charge in [0.15, 0.2) is 5.78 Å². The Morgan fingerprint density at radius 1 is 1.26 bits per heavy atom. The van der Waals surface area contributed by atoms with Crippen molar-refractivity contribution in [1.29, 1.82) is 0 Å². The van der Waals surface area contributed by atoms with Crippen LogP contribution in [0, 0.1) is 11.3 Å². The van der Waals surface area contributed by atoms with E-state index >= 15 is 0 Å². The quantitative estimate of drug-likeness (QED) is 0.871. The number of benzene rings is 1. The zero-order valence-electron chi connectivity index (χ0n) is 14.5. The van der Waals surface area contributed by atoms with Crippen LogP contribution in [0.4, 0.5) is 0 Å². The van der Waals surface area contributed by atoms with E-state index in [-0.39, 0.29) is 17.1 Å². The molecule has 0 aromatic heterocycles. The van der Waals surface area contributed by atoms with Gasteiger partial charge in [-0.1, -0.05) is 39.3 Å². The monoisotopic (exact) mass is 314 g/mol. The molecule has 1 N–H and O–H groups in total. The van der Waals surface area contributed by atoms with Gasteiger partial charge in [0, 0.05) is 12.0 Å². The Balaban J connectivity index is 2.16. The van der Waals surface area contributed by atoms with Crippen molar-refractivity contribution in [1.82, 2.24) is 0 Å². The van der Waals surface area contributed by atoms with Gasteiger partial charge in [-0.15, -0.1) is 0 Å². The second-order valence-corrected chi connectivity index (χ2v) is 8.13. The molecule has 1 fully saturated rings. The zero-order valence-corrected chi connectivity index (χ0v) is 14.5. The standard InChI is InChI=1S/C20H26O3/c1-12(2)13-6-7-15-14(10-13)16(21)11-17-19(15,3)8-5-9-20(17,4)18(22)23/h6-7,10,12,17H,5,8-9,11H2,1-4H3,(H,22,23)/t17-,19+,20-/m0/s1. The first-order valence-corrected chi connectivity index (χ1v) is 8.61. The molecule has 2 aliphatic carbocycles. The number of ketones is 1. The molecule has 1 aromatic rings. The molecule has 0 saturated heterocycles. The molecule has 0 aliphatic heterocycles. The number of carboxylic acids is 1. The third-order valence-corrected chi connectivity index (χ3v) is 6.43. The smallest absolute Gasteiger partial charge is 0.309 e. The summed E-state index contributed by atoms with van der Waals surface area (Å²) in [5.74, 6) is -0.386. The molecule has 0 unspecified atom stereocenters. The van der Waals surface area contributed by atoms with E-state index in [0.29, 0.717) is 18.8 Å². The van der Waals surface area contributed by atoms with E-state index in [1.54, 1.807) is 0 Å². The minimum Gasteiger partial charge on any atom is -0.481 e. The molecule has 124 valence electrons. The van der Waals surface area contributed by atoms with Gasteiger partial charge < -0.3 is 5.11 Å². The molecule has 3 nitrogen and oxygen atoms in total. The molecule has 0 bridgehead atoms. The number of carbonyl (C=O) groups excluding carboxylic acids is 1. The van der Waals surface area contributed by atoms with Crippen molar-refractivity contribution in [3.63, 3.8) is 0 Å². The van der Waals surface area contributed by atoms with Crippen LogP contribution in [0.3, 0.4) is 0 Å². The maximum absolute atomic E-state index is 12.8. The van der Waals surface area contributed by atoms with E-state index in [9.17, 15) is 14.7 Å². The molecule has 0 heterocycles. The minimum absolute atomic E-state index is 0.111.